The van der Waals surface area contributed by atoms with Crippen LogP contribution in [0.2, 0.25) is 0 Å². The van der Waals surface area contributed by atoms with Gasteiger partial charge in [0.15, 0.2) is 0 Å². The fourth-order valence-corrected chi connectivity index (χ4v) is 3.70. The molecule has 0 atom stereocenters. The van der Waals surface area contributed by atoms with Crippen LogP contribution < -0.4 is 16.4 Å². The van der Waals surface area contributed by atoms with E-state index in [9.17, 15) is 35.9 Å². The fraction of sp³-hybridized carbons (Fsp3) is 0.600. The van der Waals surface area contributed by atoms with E-state index in [0.29, 0.717) is 50.7 Å². The number of halogens is 6. The molecule has 172 valence electrons. The molecule has 0 aliphatic heterocycles. The van der Waals surface area contributed by atoms with Gasteiger partial charge >= 0.3 is 12.4 Å². The maximum Gasteiger partial charge on any atom is 0.416 e. The standard InChI is InChI=1S/C20H23F6N3O2/c21-19(22,23)12-8-13(20(24,25)26)10-15(9-12)28-16(30)7-11-1-3-14(4-2-11)29-17(31)18(27)5-6-18/h8-11,14H,1-7,27H2,(H,28,30)(H,29,31)/t11-,14+. The molecule has 0 saturated heterocycles. The minimum atomic E-state index is -4.98. The molecule has 2 amide bonds. The molecule has 1 aromatic rings. The zero-order chi connectivity index (χ0) is 23.0. The van der Waals surface area contributed by atoms with Gasteiger partial charge < -0.3 is 16.4 Å². The van der Waals surface area contributed by atoms with Crippen molar-refractivity contribution in [1.29, 1.82) is 0 Å². The summed E-state index contributed by atoms with van der Waals surface area (Å²) >= 11 is 0. The third-order valence-electron chi connectivity index (χ3n) is 5.77. The SMILES string of the molecule is NC1(C(=O)N[C@H]2CC[C@@H](CC(=O)Nc3cc(C(F)(F)F)cc(C(F)(F)F)c3)CC2)CC1. The molecule has 0 radical (unpaired) electrons. The topological polar surface area (TPSA) is 84.2 Å². The zero-order valence-electron chi connectivity index (χ0n) is 16.5. The van der Waals surface area contributed by atoms with Gasteiger partial charge in [0.05, 0.1) is 16.7 Å². The first-order valence-corrected chi connectivity index (χ1v) is 9.95. The van der Waals surface area contributed by atoms with Crippen molar-refractivity contribution >= 4 is 17.5 Å². The van der Waals surface area contributed by atoms with E-state index in [2.05, 4.69) is 10.6 Å². The summed E-state index contributed by atoms with van der Waals surface area (Å²) < 4.78 is 77.6. The minimum absolute atomic E-state index is 0.0122. The molecule has 0 heterocycles. The summed E-state index contributed by atoms with van der Waals surface area (Å²) in [6.45, 7) is 0. The number of hydrogen-bond donors (Lipinski definition) is 3. The van der Waals surface area contributed by atoms with Crippen molar-refractivity contribution < 1.29 is 35.9 Å². The summed E-state index contributed by atoms with van der Waals surface area (Å²) in [4.78, 5) is 24.2. The third kappa shape index (κ3) is 6.11. The minimum Gasteiger partial charge on any atom is -0.352 e. The first-order chi connectivity index (χ1) is 14.3. The van der Waals surface area contributed by atoms with E-state index < -0.39 is 40.6 Å². The summed E-state index contributed by atoms with van der Waals surface area (Å²) in [5, 5.41) is 5.06. The predicted octanol–water partition coefficient (Wildman–Crippen LogP) is 4.22. The Morgan fingerprint density at radius 2 is 1.45 bits per heavy atom. The van der Waals surface area contributed by atoms with Crippen molar-refractivity contribution in [2.24, 2.45) is 11.7 Å². The van der Waals surface area contributed by atoms with Gasteiger partial charge in [-0.1, -0.05) is 0 Å². The number of nitrogens with two attached hydrogens (primary N) is 1. The molecule has 2 saturated carbocycles. The summed E-state index contributed by atoms with van der Waals surface area (Å²) in [7, 11) is 0. The van der Waals surface area contributed by atoms with Crippen molar-refractivity contribution in [1.82, 2.24) is 5.32 Å². The highest BCUT2D eigenvalue weighted by atomic mass is 19.4. The Morgan fingerprint density at radius 3 is 1.90 bits per heavy atom. The second-order valence-electron chi connectivity index (χ2n) is 8.39. The molecule has 11 heteroatoms. The van der Waals surface area contributed by atoms with Crippen LogP contribution >= 0.6 is 0 Å². The molecular weight excluding hydrogens is 428 g/mol. The Bertz CT molecular complexity index is 808. The Morgan fingerprint density at radius 1 is 0.935 bits per heavy atom. The molecule has 2 aliphatic carbocycles. The summed E-state index contributed by atoms with van der Waals surface area (Å²) in [5.41, 5.74) is 1.56. The fourth-order valence-electron chi connectivity index (χ4n) is 3.70. The van der Waals surface area contributed by atoms with E-state index in [-0.39, 0.29) is 30.4 Å². The summed E-state index contributed by atoms with van der Waals surface area (Å²) in [6.07, 6.45) is -6.22. The second kappa shape index (κ2) is 8.33. The van der Waals surface area contributed by atoms with E-state index in [0.717, 1.165) is 0 Å². The Kier molecular flexibility index (Phi) is 6.28. The van der Waals surface area contributed by atoms with Crippen LogP contribution in [-0.4, -0.2) is 23.4 Å². The highest BCUT2D eigenvalue weighted by Gasteiger charge is 2.46. The number of amides is 2. The molecule has 1 aromatic carbocycles. The molecule has 3 rings (SSSR count). The van der Waals surface area contributed by atoms with Crippen LogP contribution in [0.25, 0.3) is 0 Å². The smallest absolute Gasteiger partial charge is 0.352 e. The Hall–Kier alpha value is -2.30. The van der Waals surface area contributed by atoms with Gasteiger partial charge in [0, 0.05) is 18.2 Å². The van der Waals surface area contributed by atoms with Crippen LogP contribution in [0, 0.1) is 5.92 Å². The van der Waals surface area contributed by atoms with E-state index >= 15 is 0 Å². The van der Waals surface area contributed by atoms with Crippen LogP contribution in [0.15, 0.2) is 18.2 Å². The normalized spacial score (nSPS) is 23.2. The van der Waals surface area contributed by atoms with Gasteiger partial charge in [0.25, 0.3) is 0 Å². The lowest BCUT2D eigenvalue weighted by atomic mass is 9.83. The highest BCUT2D eigenvalue weighted by molar-refractivity contribution is 5.91. The average Bonchev–Trinajstić information content (AvgIpc) is 3.40. The Balaban J connectivity index is 1.55. The average molecular weight is 451 g/mol. The third-order valence-corrected chi connectivity index (χ3v) is 5.77. The molecule has 2 fully saturated rings. The van der Waals surface area contributed by atoms with Crippen LogP contribution in [-0.2, 0) is 21.9 Å². The number of hydrogen-bond acceptors (Lipinski definition) is 3. The van der Waals surface area contributed by atoms with E-state index in [1.807, 2.05) is 0 Å². The van der Waals surface area contributed by atoms with Gasteiger partial charge in [-0.25, -0.2) is 0 Å². The molecule has 31 heavy (non-hydrogen) atoms. The lowest BCUT2D eigenvalue weighted by Gasteiger charge is -2.29. The van der Waals surface area contributed by atoms with Gasteiger partial charge in [-0.05, 0) is 62.6 Å². The highest BCUT2D eigenvalue weighted by Crippen LogP contribution is 2.38. The number of alkyl halides is 6. The van der Waals surface area contributed by atoms with Crippen molar-refractivity contribution in [2.75, 3.05) is 5.32 Å². The first-order valence-electron chi connectivity index (χ1n) is 9.95. The largest absolute Gasteiger partial charge is 0.416 e. The predicted molar refractivity (Wildman–Crippen MR) is 99.7 cm³/mol. The number of rotatable bonds is 5. The van der Waals surface area contributed by atoms with Gasteiger partial charge in [-0.3, -0.25) is 9.59 Å². The van der Waals surface area contributed by atoms with E-state index in [1.165, 1.54) is 0 Å². The Labute approximate surface area is 174 Å². The van der Waals surface area contributed by atoms with E-state index in [1.54, 1.807) is 0 Å². The van der Waals surface area contributed by atoms with Crippen molar-refractivity contribution in [2.45, 2.75) is 68.9 Å². The van der Waals surface area contributed by atoms with E-state index in [4.69, 9.17) is 5.73 Å². The van der Waals surface area contributed by atoms with Gasteiger partial charge in [-0.15, -0.1) is 0 Å². The molecule has 0 aromatic heterocycles. The molecular formula is C20H23F6N3O2. The molecule has 0 spiro atoms. The molecule has 2 aliphatic rings. The van der Waals surface area contributed by atoms with Gasteiger partial charge in [0.1, 0.15) is 0 Å². The van der Waals surface area contributed by atoms with Gasteiger partial charge in [0.2, 0.25) is 11.8 Å². The van der Waals surface area contributed by atoms with Crippen molar-refractivity contribution in [3.05, 3.63) is 29.3 Å². The van der Waals surface area contributed by atoms with Crippen molar-refractivity contribution in [3.8, 4) is 0 Å². The monoisotopic (exact) mass is 451 g/mol. The number of carbonyl (C=O) groups is 2. The lowest BCUT2D eigenvalue weighted by Crippen LogP contribution is -2.48. The molecule has 0 unspecified atom stereocenters. The lowest BCUT2D eigenvalue weighted by molar-refractivity contribution is -0.143. The van der Waals surface area contributed by atoms with Gasteiger partial charge in [-0.2, -0.15) is 26.3 Å². The summed E-state index contributed by atoms with van der Waals surface area (Å²) in [5.74, 6) is -0.911. The number of benzene rings is 1. The zero-order valence-corrected chi connectivity index (χ0v) is 16.5. The molecule has 5 nitrogen and oxygen atoms in total. The number of carbonyl (C=O) groups excluding carboxylic acids is 2. The quantitative estimate of drug-likeness (QED) is 0.587. The van der Waals surface area contributed by atoms with Crippen LogP contribution in [0.1, 0.15) is 56.1 Å². The van der Waals surface area contributed by atoms with Crippen LogP contribution in [0.3, 0.4) is 0 Å². The maximum absolute atomic E-state index is 12.9. The van der Waals surface area contributed by atoms with Crippen LogP contribution in [0.5, 0.6) is 0 Å². The van der Waals surface area contributed by atoms with Crippen molar-refractivity contribution in [3.63, 3.8) is 0 Å². The summed E-state index contributed by atoms with van der Waals surface area (Å²) in [6, 6.07) is 0.934. The number of anilines is 1. The maximum atomic E-state index is 12.9. The molecule has 4 N–H and O–H groups in total. The first kappa shape index (κ1) is 23.4. The molecule has 0 bridgehead atoms. The van der Waals surface area contributed by atoms with Crippen LogP contribution in [0.4, 0.5) is 32.0 Å². The second-order valence-corrected chi connectivity index (χ2v) is 8.39. The number of nitrogens with one attached hydrogen (secondary N) is 2.